The molecule has 0 unspecified atom stereocenters. The van der Waals surface area contributed by atoms with Gasteiger partial charge in [-0.05, 0) is 67.5 Å². The number of nitrogens with one attached hydrogen (secondary N) is 1. The minimum Gasteiger partial charge on any atom is -0.326 e. The number of sulfonamides is 1. The highest BCUT2D eigenvalue weighted by Gasteiger charge is 2.17. The largest absolute Gasteiger partial charge is 0.326 e. The first kappa shape index (κ1) is 18.6. The van der Waals surface area contributed by atoms with Crippen molar-refractivity contribution in [2.75, 3.05) is 20.1 Å². The van der Waals surface area contributed by atoms with Gasteiger partial charge in [0.1, 0.15) is 0 Å². The fourth-order valence-electron chi connectivity index (χ4n) is 1.76. The van der Waals surface area contributed by atoms with Crippen LogP contribution in [0.5, 0.6) is 0 Å². The van der Waals surface area contributed by atoms with Gasteiger partial charge in [-0.25, -0.2) is 13.1 Å². The highest BCUT2D eigenvalue weighted by atomic mass is 79.9. The Bertz CT molecular complexity index is 561. The minimum atomic E-state index is -3.49. The Morgan fingerprint density at radius 2 is 2.05 bits per heavy atom. The van der Waals surface area contributed by atoms with E-state index in [9.17, 15) is 8.42 Å². The maximum atomic E-state index is 12.2. The van der Waals surface area contributed by atoms with E-state index in [1.165, 1.54) is 0 Å². The third-order valence-corrected chi connectivity index (χ3v) is 5.82. The predicted octanol–water partition coefficient (Wildman–Crippen LogP) is 1.92. The van der Waals surface area contributed by atoms with Crippen LogP contribution in [0.25, 0.3) is 0 Å². The molecule has 0 aromatic heterocycles. The number of benzene rings is 1. The molecule has 1 aromatic rings. The van der Waals surface area contributed by atoms with Crippen molar-refractivity contribution in [3.05, 3.63) is 28.2 Å². The average molecular weight is 378 g/mol. The monoisotopic (exact) mass is 377 g/mol. The molecule has 0 bridgehead atoms. The van der Waals surface area contributed by atoms with Crippen molar-refractivity contribution in [2.24, 2.45) is 5.73 Å². The van der Waals surface area contributed by atoms with Gasteiger partial charge in [-0.1, -0.05) is 6.07 Å². The van der Waals surface area contributed by atoms with Crippen molar-refractivity contribution < 1.29 is 8.42 Å². The molecule has 0 saturated carbocycles. The molecule has 0 heterocycles. The van der Waals surface area contributed by atoms with Gasteiger partial charge < -0.3 is 10.6 Å². The maximum absolute atomic E-state index is 12.2. The van der Waals surface area contributed by atoms with Crippen LogP contribution >= 0.6 is 15.9 Å². The van der Waals surface area contributed by atoms with E-state index in [0.717, 1.165) is 18.5 Å². The van der Waals surface area contributed by atoms with Gasteiger partial charge in [0.05, 0.1) is 4.90 Å². The molecule has 0 saturated heterocycles. The number of hydrogen-bond acceptors (Lipinski definition) is 4. The van der Waals surface area contributed by atoms with Crippen LogP contribution < -0.4 is 10.5 Å². The number of nitrogens with zero attached hydrogens (tertiary/aromatic N) is 1. The van der Waals surface area contributed by atoms with Crippen molar-refractivity contribution in [2.45, 2.75) is 37.8 Å². The molecule has 120 valence electrons. The summed E-state index contributed by atoms with van der Waals surface area (Å²) in [5.74, 6) is 0. The average Bonchev–Trinajstić information content (AvgIpc) is 2.42. The summed E-state index contributed by atoms with van der Waals surface area (Å²) in [6.45, 7) is 5.88. The lowest BCUT2D eigenvalue weighted by molar-refractivity contribution is 0.271. The molecule has 0 amide bonds. The van der Waals surface area contributed by atoms with Gasteiger partial charge in [0.15, 0.2) is 0 Å². The number of hydrogen-bond donors (Lipinski definition) is 2. The van der Waals surface area contributed by atoms with E-state index in [4.69, 9.17) is 5.73 Å². The van der Waals surface area contributed by atoms with Crippen LogP contribution in [0, 0.1) is 0 Å². The molecule has 0 aliphatic carbocycles. The second-order valence-electron chi connectivity index (χ2n) is 5.29. The van der Waals surface area contributed by atoms with E-state index in [1.54, 1.807) is 18.2 Å². The Hall–Kier alpha value is -0.470. The molecule has 5 nitrogen and oxygen atoms in total. The number of nitrogens with two attached hydrogens (primary N) is 1. The Labute approximate surface area is 136 Å². The lowest BCUT2D eigenvalue weighted by Gasteiger charge is -2.20. The highest BCUT2D eigenvalue weighted by Crippen LogP contribution is 2.23. The van der Waals surface area contributed by atoms with E-state index < -0.39 is 10.0 Å². The molecule has 21 heavy (non-hydrogen) atoms. The first-order valence-corrected chi connectivity index (χ1v) is 9.24. The standard InChI is InChI=1S/C14H24BrN3O2S/c1-11(2)18(3)8-4-7-17-21(19,20)14-6-5-12(10-16)9-13(14)15/h5-6,9,11,17H,4,7-8,10,16H2,1-3H3. The molecular formula is C14H24BrN3O2S. The summed E-state index contributed by atoms with van der Waals surface area (Å²) in [6.07, 6.45) is 0.770. The van der Waals surface area contributed by atoms with Crippen LogP contribution in [-0.4, -0.2) is 39.5 Å². The van der Waals surface area contributed by atoms with Crippen LogP contribution in [0.4, 0.5) is 0 Å². The topological polar surface area (TPSA) is 75.4 Å². The van der Waals surface area contributed by atoms with Crippen molar-refractivity contribution in [3.8, 4) is 0 Å². The minimum absolute atomic E-state index is 0.247. The van der Waals surface area contributed by atoms with Crippen molar-refractivity contribution in [1.82, 2.24) is 9.62 Å². The summed E-state index contributed by atoms with van der Waals surface area (Å²) >= 11 is 3.29. The summed E-state index contributed by atoms with van der Waals surface area (Å²) in [7, 11) is -1.46. The molecule has 1 rings (SSSR count). The van der Waals surface area contributed by atoms with Crippen molar-refractivity contribution >= 4 is 26.0 Å². The predicted molar refractivity (Wildman–Crippen MR) is 89.6 cm³/mol. The summed E-state index contributed by atoms with van der Waals surface area (Å²) in [4.78, 5) is 2.43. The third kappa shape index (κ3) is 5.67. The molecule has 0 spiro atoms. The summed E-state index contributed by atoms with van der Waals surface area (Å²) in [5, 5.41) is 0. The van der Waals surface area contributed by atoms with E-state index in [2.05, 4.69) is 39.4 Å². The van der Waals surface area contributed by atoms with Crippen LogP contribution in [-0.2, 0) is 16.6 Å². The second-order valence-corrected chi connectivity index (χ2v) is 7.88. The second kappa shape index (κ2) is 8.24. The molecule has 1 aromatic carbocycles. The van der Waals surface area contributed by atoms with Gasteiger partial charge in [0.25, 0.3) is 0 Å². The van der Waals surface area contributed by atoms with Gasteiger partial charge >= 0.3 is 0 Å². The normalized spacial score (nSPS) is 12.3. The molecular weight excluding hydrogens is 354 g/mol. The molecule has 0 aliphatic rings. The Kier molecular flexibility index (Phi) is 7.29. The van der Waals surface area contributed by atoms with Gasteiger partial charge in [0.2, 0.25) is 10.0 Å². The molecule has 7 heteroatoms. The lowest BCUT2D eigenvalue weighted by Crippen LogP contribution is -2.31. The third-order valence-electron chi connectivity index (χ3n) is 3.38. The smallest absolute Gasteiger partial charge is 0.241 e. The first-order chi connectivity index (χ1) is 9.77. The fraction of sp³-hybridized carbons (Fsp3) is 0.571. The maximum Gasteiger partial charge on any atom is 0.241 e. The van der Waals surface area contributed by atoms with Crippen molar-refractivity contribution in [1.29, 1.82) is 0 Å². The van der Waals surface area contributed by atoms with Gasteiger partial charge in [-0.15, -0.1) is 0 Å². The summed E-state index contributed by atoms with van der Waals surface area (Å²) in [5.41, 5.74) is 6.43. The summed E-state index contributed by atoms with van der Waals surface area (Å²) in [6, 6.07) is 5.50. The number of halogens is 1. The van der Waals surface area contributed by atoms with Gasteiger partial charge in [-0.3, -0.25) is 0 Å². The van der Waals surface area contributed by atoms with Crippen LogP contribution in [0.15, 0.2) is 27.6 Å². The van der Waals surface area contributed by atoms with E-state index in [1.807, 2.05) is 7.05 Å². The quantitative estimate of drug-likeness (QED) is 0.678. The van der Waals surface area contributed by atoms with E-state index in [-0.39, 0.29) is 4.90 Å². The van der Waals surface area contributed by atoms with Crippen molar-refractivity contribution in [3.63, 3.8) is 0 Å². The zero-order valence-corrected chi connectivity index (χ0v) is 15.2. The molecule has 0 aliphatic heterocycles. The van der Waals surface area contributed by atoms with E-state index in [0.29, 0.717) is 23.6 Å². The van der Waals surface area contributed by atoms with Crippen LogP contribution in [0.3, 0.4) is 0 Å². The van der Waals surface area contributed by atoms with Gasteiger partial charge in [0, 0.05) is 23.6 Å². The Morgan fingerprint density at radius 1 is 1.38 bits per heavy atom. The number of rotatable bonds is 8. The zero-order valence-electron chi connectivity index (χ0n) is 12.8. The SMILES string of the molecule is CC(C)N(C)CCCNS(=O)(=O)c1ccc(CN)cc1Br. The molecule has 0 fully saturated rings. The first-order valence-electron chi connectivity index (χ1n) is 6.96. The Balaban J connectivity index is 2.62. The van der Waals surface area contributed by atoms with Gasteiger partial charge in [-0.2, -0.15) is 0 Å². The Morgan fingerprint density at radius 3 is 2.57 bits per heavy atom. The van der Waals surface area contributed by atoms with Crippen LogP contribution in [0.1, 0.15) is 25.8 Å². The molecule has 3 N–H and O–H groups in total. The molecule has 0 atom stereocenters. The zero-order chi connectivity index (χ0) is 16.0. The highest BCUT2D eigenvalue weighted by molar-refractivity contribution is 9.10. The lowest BCUT2D eigenvalue weighted by atomic mass is 10.2. The van der Waals surface area contributed by atoms with Crippen LogP contribution in [0.2, 0.25) is 0 Å². The fourth-order valence-corrected chi connectivity index (χ4v) is 3.96. The molecule has 0 radical (unpaired) electrons. The summed E-state index contributed by atoms with van der Waals surface area (Å²) < 4.78 is 27.7. The van der Waals surface area contributed by atoms with E-state index >= 15 is 0 Å².